The highest BCUT2D eigenvalue weighted by Gasteiger charge is 2.32. The van der Waals surface area contributed by atoms with Gasteiger partial charge in [-0.1, -0.05) is 41.4 Å². The molecule has 0 spiro atoms. The lowest BCUT2D eigenvalue weighted by molar-refractivity contribution is -0.120. The van der Waals surface area contributed by atoms with Gasteiger partial charge in [-0.2, -0.15) is 0 Å². The monoisotopic (exact) mass is 444 g/mol. The van der Waals surface area contributed by atoms with E-state index in [1.165, 1.54) is 16.4 Å². The molecule has 3 rings (SSSR count). The van der Waals surface area contributed by atoms with Gasteiger partial charge >= 0.3 is 0 Å². The standard InChI is InChI=1S/C19H19Cl2FN2O3S/c20-15-4-3-5-16(21)14(15)12-28(26,27)24-10-8-13(9-11-24)19(25)23-18-7-2-1-6-17(18)22/h1-7,13H,8-12H2,(H,23,25). The Hall–Kier alpha value is -1.67. The van der Waals surface area contributed by atoms with Crippen LogP contribution in [0.2, 0.25) is 10.0 Å². The molecule has 0 atom stereocenters. The van der Waals surface area contributed by atoms with Gasteiger partial charge in [0.15, 0.2) is 0 Å². The first-order valence-corrected chi connectivity index (χ1v) is 11.1. The van der Waals surface area contributed by atoms with Crippen molar-refractivity contribution in [2.24, 2.45) is 5.92 Å². The lowest BCUT2D eigenvalue weighted by atomic mass is 9.97. The first-order valence-electron chi connectivity index (χ1n) is 8.74. The second-order valence-corrected chi connectivity index (χ2v) is 9.38. The summed E-state index contributed by atoms with van der Waals surface area (Å²) in [4.78, 5) is 12.4. The summed E-state index contributed by atoms with van der Waals surface area (Å²) in [5.41, 5.74) is 0.487. The SMILES string of the molecule is O=C(Nc1ccccc1F)C1CCN(S(=O)(=O)Cc2c(Cl)cccc2Cl)CC1. The predicted molar refractivity (Wildman–Crippen MR) is 108 cm³/mol. The Morgan fingerprint density at radius 2 is 1.68 bits per heavy atom. The quantitative estimate of drug-likeness (QED) is 0.746. The molecule has 28 heavy (non-hydrogen) atoms. The van der Waals surface area contributed by atoms with Crippen LogP contribution < -0.4 is 5.32 Å². The predicted octanol–water partition coefficient (Wildman–Crippen LogP) is 4.31. The average molecular weight is 445 g/mol. The van der Waals surface area contributed by atoms with Gasteiger partial charge in [0.25, 0.3) is 0 Å². The van der Waals surface area contributed by atoms with E-state index in [9.17, 15) is 17.6 Å². The second-order valence-electron chi connectivity index (χ2n) is 6.60. The number of nitrogens with zero attached hydrogens (tertiary/aromatic N) is 1. The van der Waals surface area contributed by atoms with Gasteiger partial charge in [-0.3, -0.25) is 4.79 Å². The summed E-state index contributed by atoms with van der Waals surface area (Å²) < 4.78 is 40.5. The third kappa shape index (κ3) is 4.84. The number of halogens is 3. The summed E-state index contributed by atoms with van der Waals surface area (Å²) in [5, 5.41) is 3.17. The molecule has 0 aliphatic carbocycles. The van der Waals surface area contributed by atoms with E-state index in [0.717, 1.165) is 0 Å². The number of nitrogens with one attached hydrogen (secondary N) is 1. The zero-order chi connectivity index (χ0) is 20.3. The molecule has 1 N–H and O–H groups in total. The van der Waals surface area contributed by atoms with Gasteiger partial charge in [0.05, 0.1) is 11.4 Å². The largest absolute Gasteiger partial charge is 0.323 e. The molecule has 0 bridgehead atoms. The van der Waals surface area contributed by atoms with Crippen LogP contribution in [0.5, 0.6) is 0 Å². The average Bonchev–Trinajstić information content (AvgIpc) is 2.67. The van der Waals surface area contributed by atoms with Crippen molar-refractivity contribution < 1.29 is 17.6 Å². The second kappa shape index (κ2) is 8.78. The van der Waals surface area contributed by atoms with Crippen molar-refractivity contribution in [3.05, 3.63) is 63.9 Å². The fourth-order valence-electron chi connectivity index (χ4n) is 3.14. The molecule has 1 heterocycles. The minimum atomic E-state index is -3.62. The Balaban J connectivity index is 1.61. The molecule has 1 saturated heterocycles. The molecule has 2 aromatic rings. The van der Waals surface area contributed by atoms with Gasteiger partial charge in [0.1, 0.15) is 5.82 Å². The molecule has 1 fully saturated rings. The number of hydrogen-bond donors (Lipinski definition) is 1. The molecule has 0 unspecified atom stereocenters. The van der Waals surface area contributed by atoms with Crippen LogP contribution in [0.3, 0.4) is 0 Å². The third-order valence-corrected chi connectivity index (χ3v) is 7.25. The van der Waals surface area contributed by atoms with Crippen molar-refractivity contribution >= 4 is 44.8 Å². The Kier molecular flexibility index (Phi) is 6.60. The van der Waals surface area contributed by atoms with Gasteiger partial charge in [-0.05, 0) is 37.1 Å². The minimum Gasteiger partial charge on any atom is -0.323 e. The number of piperidine rings is 1. The van der Waals surface area contributed by atoms with Crippen LogP contribution in [-0.2, 0) is 20.6 Å². The van der Waals surface area contributed by atoms with Gasteiger partial charge in [0, 0.05) is 34.6 Å². The van der Waals surface area contributed by atoms with E-state index in [1.807, 2.05) is 0 Å². The maximum absolute atomic E-state index is 13.7. The number of benzene rings is 2. The maximum Gasteiger partial charge on any atom is 0.227 e. The number of carbonyl (C=O) groups is 1. The van der Waals surface area contributed by atoms with Crippen molar-refractivity contribution in [3.8, 4) is 0 Å². The Morgan fingerprint density at radius 3 is 2.29 bits per heavy atom. The Morgan fingerprint density at radius 1 is 1.07 bits per heavy atom. The molecular formula is C19H19Cl2FN2O3S. The van der Waals surface area contributed by atoms with Crippen molar-refractivity contribution in [2.45, 2.75) is 18.6 Å². The summed E-state index contributed by atoms with van der Waals surface area (Å²) in [5.74, 6) is -1.49. The van der Waals surface area contributed by atoms with Crippen molar-refractivity contribution in [2.75, 3.05) is 18.4 Å². The zero-order valence-electron chi connectivity index (χ0n) is 14.9. The topological polar surface area (TPSA) is 66.5 Å². The molecule has 2 aromatic carbocycles. The van der Waals surface area contributed by atoms with E-state index in [2.05, 4.69) is 5.32 Å². The molecule has 1 aliphatic rings. The number of carbonyl (C=O) groups excluding carboxylic acids is 1. The summed E-state index contributed by atoms with van der Waals surface area (Å²) >= 11 is 12.2. The summed E-state index contributed by atoms with van der Waals surface area (Å²) in [6, 6.07) is 10.8. The Labute approximate surface area is 173 Å². The highest BCUT2D eigenvalue weighted by molar-refractivity contribution is 7.88. The smallest absolute Gasteiger partial charge is 0.227 e. The van der Waals surface area contributed by atoms with Gasteiger partial charge in [-0.25, -0.2) is 17.1 Å². The van der Waals surface area contributed by atoms with Crippen molar-refractivity contribution in [1.82, 2.24) is 4.31 Å². The number of hydrogen-bond acceptors (Lipinski definition) is 3. The van der Waals surface area contributed by atoms with Crippen LogP contribution in [0.25, 0.3) is 0 Å². The first kappa shape index (κ1) is 21.0. The van der Waals surface area contributed by atoms with E-state index >= 15 is 0 Å². The van der Waals surface area contributed by atoms with E-state index < -0.39 is 15.8 Å². The minimum absolute atomic E-state index is 0.121. The maximum atomic E-state index is 13.7. The highest BCUT2D eigenvalue weighted by Crippen LogP contribution is 2.29. The van der Waals surface area contributed by atoms with Crippen LogP contribution >= 0.6 is 23.2 Å². The number of sulfonamides is 1. The molecule has 5 nitrogen and oxygen atoms in total. The van der Waals surface area contributed by atoms with E-state index in [-0.39, 0.29) is 36.4 Å². The summed E-state index contributed by atoms with van der Waals surface area (Å²) in [6.07, 6.45) is 0.714. The molecule has 150 valence electrons. The zero-order valence-corrected chi connectivity index (χ0v) is 17.2. The van der Waals surface area contributed by atoms with E-state index in [1.54, 1.807) is 30.3 Å². The van der Waals surface area contributed by atoms with Crippen LogP contribution in [0.4, 0.5) is 10.1 Å². The normalized spacial score (nSPS) is 16.1. The lowest BCUT2D eigenvalue weighted by Gasteiger charge is -2.30. The lowest BCUT2D eigenvalue weighted by Crippen LogP contribution is -2.42. The van der Waals surface area contributed by atoms with Gasteiger partial charge in [0.2, 0.25) is 15.9 Å². The van der Waals surface area contributed by atoms with Gasteiger partial charge in [-0.15, -0.1) is 0 Å². The number of para-hydroxylation sites is 1. The number of anilines is 1. The number of rotatable bonds is 5. The molecule has 0 aromatic heterocycles. The van der Waals surface area contributed by atoms with Crippen LogP contribution in [0.1, 0.15) is 18.4 Å². The van der Waals surface area contributed by atoms with E-state index in [4.69, 9.17) is 23.2 Å². The molecule has 9 heteroatoms. The fourth-order valence-corrected chi connectivity index (χ4v) is 5.45. The molecule has 1 amide bonds. The number of amides is 1. The van der Waals surface area contributed by atoms with Crippen molar-refractivity contribution in [3.63, 3.8) is 0 Å². The van der Waals surface area contributed by atoms with Crippen molar-refractivity contribution in [1.29, 1.82) is 0 Å². The van der Waals surface area contributed by atoms with Crippen LogP contribution in [-0.4, -0.2) is 31.7 Å². The highest BCUT2D eigenvalue weighted by atomic mass is 35.5. The molecular weight excluding hydrogens is 426 g/mol. The Bertz CT molecular complexity index is 957. The van der Waals surface area contributed by atoms with Crippen LogP contribution in [0, 0.1) is 11.7 Å². The summed E-state index contributed by atoms with van der Waals surface area (Å²) in [6.45, 7) is 0.416. The molecule has 0 saturated carbocycles. The summed E-state index contributed by atoms with van der Waals surface area (Å²) in [7, 11) is -3.62. The van der Waals surface area contributed by atoms with Crippen LogP contribution in [0.15, 0.2) is 42.5 Å². The molecule has 0 radical (unpaired) electrons. The first-order chi connectivity index (χ1) is 13.3. The van der Waals surface area contributed by atoms with Gasteiger partial charge < -0.3 is 5.32 Å². The fraction of sp³-hybridized carbons (Fsp3) is 0.316. The third-order valence-electron chi connectivity index (χ3n) is 4.74. The van der Waals surface area contributed by atoms with E-state index in [0.29, 0.717) is 28.5 Å². The molecule has 1 aliphatic heterocycles.